The smallest absolute Gasteiger partial charge is 0.303 e. The van der Waals surface area contributed by atoms with Gasteiger partial charge in [0.2, 0.25) is 0 Å². The Morgan fingerprint density at radius 1 is 1.27 bits per heavy atom. The van der Waals surface area contributed by atoms with Gasteiger partial charge < -0.3 is 9.53 Å². The van der Waals surface area contributed by atoms with E-state index in [0.29, 0.717) is 29.8 Å². The lowest BCUT2D eigenvalue weighted by molar-refractivity contribution is -0.137. The van der Waals surface area contributed by atoms with Crippen LogP contribution in [0.1, 0.15) is 86.0 Å². The van der Waals surface area contributed by atoms with Crippen LogP contribution in [0.4, 0.5) is 0 Å². The Morgan fingerprint density at radius 2 is 1.92 bits per heavy atom. The summed E-state index contributed by atoms with van der Waals surface area (Å²) in [5.74, 6) is 1.38. The van der Waals surface area contributed by atoms with Gasteiger partial charge in [-0.1, -0.05) is 41.0 Å². The van der Waals surface area contributed by atoms with E-state index in [0.717, 1.165) is 18.8 Å². The molecule has 152 valence electrons. The monoisotopic (exact) mass is 382 g/mol. The molecule has 3 nitrogen and oxygen atoms in total. The van der Waals surface area contributed by atoms with E-state index in [2.05, 4.69) is 47.7 Å². The zero-order valence-electron chi connectivity index (χ0n) is 18.2. The molecule has 5 atom stereocenters. The molecule has 0 bridgehead atoms. The number of hydrogen-bond donors (Lipinski definition) is 1. The first-order chi connectivity index (χ1) is 11.9. The van der Waals surface area contributed by atoms with Gasteiger partial charge in [0.25, 0.3) is 0 Å². The van der Waals surface area contributed by atoms with Crippen molar-refractivity contribution in [3.05, 3.63) is 0 Å². The summed E-state index contributed by atoms with van der Waals surface area (Å²) in [6.45, 7) is 16.7. The molecule has 0 spiro atoms. The van der Waals surface area contributed by atoms with Gasteiger partial charge in [-0.15, -0.1) is 0 Å². The highest BCUT2D eigenvalue weighted by atomic mass is 28.4. The van der Waals surface area contributed by atoms with E-state index in [4.69, 9.17) is 9.53 Å². The predicted octanol–water partition coefficient (Wildman–Crippen LogP) is 6.48. The molecular formula is C22H42O3Si. The first kappa shape index (κ1) is 21.9. The molecule has 0 aliphatic heterocycles. The molecule has 0 radical (unpaired) electrons. The Hall–Kier alpha value is -0.353. The Morgan fingerprint density at radius 3 is 2.50 bits per heavy atom. The van der Waals surface area contributed by atoms with Crippen molar-refractivity contribution >= 4 is 14.3 Å². The van der Waals surface area contributed by atoms with Crippen LogP contribution in [0.25, 0.3) is 0 Å². The van der Waals surface area contributed by atoms with Gasteiger partial charge in [-0.2, -0.15) is 0 Å². The topological polar surface area (TPSA) is 46.5 Å². The molecule has 1 unspecified atom stereocenters. The highest BCUT2D eigenvalue weighted by Gasteiger charge is 2.54. The molecule has 0 aromatic carbocycles. The summed E-state index contributed by atoms with van der Waals surface area (Å²) in [5.41, 5.74) is 0.383. The van der Waals surface area contributed by atoms with Crippen LogP contribution in [-0.2, 0) is 9.22 Å². The molecule has 2 fully saturated rings. The summed E-state index contributed by atoms with van der Waals surface area (Å²) in [5, 5.41) is 9.19. The van der Waals surface area contributed by atoms with E-state index in [9.17, 15) is 4.79 Å². The zero-order chi connectivity index (χ0) is 19.8. The van der Waals surface area contributed by atoms with Gasteiger partial charge in [-0.05, 0) is 79.8 Å². The molecule has 0 aromatic rings. The van der Waals surface area contributed by atoms with E-state index < -0.39 is 14.3 Å². The van der Waals surface area contributed by atoms with Crippen molar-refractivity contribution in [2.75, 3.05) is 0 Å². The summed E-state index contributed by atoms with van der Waals surface area (Å²) < 4.78 is 6.92. The Balaban J connectivity index is 2.06. The van der Waals surface area contributed by atoms with Gasteiger partial charge in [-0.3, -0.25) is 4.79 Å². The molecule has 0 amide bonds. The third-order valence-corrected chi connectivity index (χ3v) is 12.6. The maximum Gasteiger partial charge on any atom is 0.303 e. The fourth-order valence-corrected chi connectivity index (χ4v) is 6.96. The highest BCUT2D eigenvalue weighted by molar-refractivity contribution is 6.74. The van der Waals surface area contributed by atoms with Crippen LogP contribution < -0.4 is 0 Å². The molecule has 0 heterocycles. The Bertz CT molecular complexity index is 496. The van der Waals surface area contributed by atoms with Gasteiger partial charge >= 0.3 is 5.97 Å². The zero-order valence-corrected chi connectivity index (χ0v) is 19.2. The van der Waals surface area contributed by atoms with Crippen molar-refractivity contribution in [3.8, 4) is 0 Å². The minimum absolute atomic E-state index is 0.267. The quantitative estimate of drug-likeness (QED) is 0.512. The minimum atomic E-state index is -1.73. The van der Waals surface area contributed by atoms with Gasteiger partial charge in [0.1, 0.15) is 0 Å². The second-order valence-electron chi connectivity index (χ2n) is 10.9. The van der Waals surface area contributed by atoms with Crippen LogP contribution in [0.5, 0.6) is 0 Å². The van der Waals surface area contributed by atoms with Crippen LogP contribution in [0.3, 0.4) is 0 Å². The fraction of sp³-hybridized carbons (Fsp3) is 0.955. The van der Waals surface area contributed by atoms with Crippen LogP contribution in [0.15, 0.2) is 0 Å². The van der Waals surface area contributed by atoms with Crippen molar-refractivity contribution in [2.24, 2.45) is 23.2 Å². The van der Waals surface area contributed by atoms with E-state index in [-0.39, 0.29) is 5.04 Å². The van der Waals surface area contributed by atoms with Crippen molar-refractivity contribution in [2.45, 2.75) is 110 Å². The van der Waals surface area contributed by atoms with Gasteiger partial charge in [0, 0.05) is 12.5 Å². The number of fused-ring (bicyclic) bond motifs is 1. The fourth-order valence-electron chi connectivity index (χ4n) is 5.57. The molecule has 4 heteroatoms. The summed E-state index contributed by atoms with van der Waals surface area (Å²) in [7, 11) is -1.73. The average molecular weight is 383 g/mol. The molecule has 26 heavy (non-hydrogen) atoms. The molecule has 0 aromatic heterocycles. The summed E-state index contributed by atoms with van der Waals surface area (Å²) >= 11 is 0. The molecule has 2 rings (SSSR count). The highest BCUT2D eigenvalue weighted by Crippen LogP contribution is 2.59. The number of carboxylic acids is 1. The van der Waals surface area contributed by atoms with Gasteiger partial charge in [0.15, 0.2) is 8.32 Å². The number of carbonyl (C=O) groups is 1. The predicted molar refractivity (Wildman–Crippen MR) is 111 cm³/mol. The average Bonchev–Trinajstić information content (AvgIpc) is 2.83. The second-order valence-corrected chi connectivity index (χ2v) is 15.6. The maximum atomic E-state index is 10.8. The van der Waals surface area contributed by atoms with Crippen LogP contribution in [-0.4, -0.2) is 25.5 Å². The van der Waals surface area contributed by atoms with Crippen molar-refractivity contribution < 1.29 is 14.3 Å². The number of rotatable bonds is 7. The number of aliphatic carboxylic acids is 1. The lowest BCUT2D eigenvalue weighted by Gasteiger charge is -2.50. The SMILES string of the molecule is CC(CCCC(=O)O)[C@H]1CC[C@H]2[C@@H](O[Si](C)(C)C(C)(C)C)CCC[C@]12C. The van der Waals surface area contributed by atoms with Gasteiger partial charge in [0.05, 0.1) is 0 Å². The van der Waals surface area contributed by atoms with Crippen LogP contribution in [0, 0.1) is 23.2 Å². The van der Waals surface area contributed by atoms with Crippen molar-refractivity contribution in [1.29, 1.82) is 0 Å². The Labute approximate surface area is 162 Å². The molecule has 2 aliphatic rings. The molecule has 2 aliphatic carbocycles. The first-order valence-corrected chi connectivity index (χ1v) is 13.7. The first-order valence-electron chi connectivity index (χ1n) is 10.8. The lowest BCUT2D eigenvalue weighted by Crippen LogP contribution is -2.50. The summed E-state index contributed by atoms with van der Waals surface area (Å²) in [4.78, 5) is 10.8. The van der Waals surface area contributed by atoms with E-state index in [1.807, 2.05) is 0 Å². The van der Waals surface area contributed by atoms with E-state index in [1.54, 1.807) is 0 Å². The van der Waals surface area contributed by atoms with Crippen molar-refractivity contribution in [3.63, 3.8) is 0 Å². The van der Waals surface area contributed by atoms with Crippen LogP contribution >= 0.6 is 0 Å². The summed E-state index contributed by atoms with van der Waals surface area (Å²) in [6, 6.07) is 0. The molecule has 1 N–H and O–H groups in total. The maximum absolute atomic E-state index is 10.8. The third kappa shape index (κ3) is 4.55. The van der Waals surface area contributed by atoms with Gasteiger partial charge in [-0.25, -0.2) is 0 Å². The lowest BCUT2D eigenvalue weighted by atomic mass is 9.61. The largest absolute Gasteiger partial charge is 0.481 e. The van der Waals surface area contributed by atoms with E-state index in [1.165, 1.54) is 32.1 Å². The minimum Gasteiger partial charge on any atom is -0.481 e. The van der Waals surface area contributed by atoms with E-state index >= 15 is 0 Å². The summed E-state index contributed by atoms with van der Waals surface area (Å²) in [6.07, 6.45) is 9.04. The molecular weight excluding hydrogens is 340 g/mol. The second kappa shape index (κ2) is 7.95. The number of carboxylic acid groups (broad SMARTS) is 1. The molecule has 2 saturated carbocycles. The Kier molecular flexibility index (Phi) is 6.71. The standard InChI is InChI=1S/C22H42O3Si/c1-16(10-8-12-20(23)24)17-13-14-18-19(11-9-15-22(17,18)5)25-26(6,7)21(2,3)4/h16-19H,8-15H2,1-7H3,(H,23,24)/t16?,17-,18+,19+,22-/m1/s1. The van der Waals surface area contributed by atoms with Crippen LogP contribution in [0.2, 0.25) is 18.1 Å². The third-order valence-electron chi connectivity index (χ3n) is 8.12. The molecule has 0 saturated heterocycles. The normalized spacial score (nSPS) is 33.7. The van der Waals surface area contributed by atoms with Crippen molar-refractivity contribution in [1.82, 2.24) is 0 Å². The number of hydrogen-bond acceptors (Lipinski definition) is 2.